The number of hydrogen-bond donors (Lipinski definition) is 0. The molecule has 1 aromatic rings. The number of carbonyl (C=O) groups excluding carboxylic acids is 2. The monoisotopic (exact) mass is 281 g/mol. The molecule has 0 aromatic carbocycles. The van der Waals surface area contributed by atoms with E-state index in [0.29, 0.717) is 18.0 Å². The molecule has 0 aliphatic heterocycles. The molecule has 0 unspecified atom stereocenters. The summed E-state index contributed by atoms with van der Waals surface area (Å²) in [5, 5.41) is 0. The summed E-state index contributed by atoms with van der Waals surface area (Å²) < 4.78 is 4.87. The summed E-state index contributed by atoms with van der Waals surface area (Å²) in [7, 11) is 0. The number of carbonyl (C=O) groups is 2. The van der Waals surface area contributed by atoms with Crippen molar-refractivity contribution in [2.24, 2.45) is 0 Å². The van der Waals surface area contributed by atoms with E-state index in [2.05, 4.69) is 6.58 Å². The largest absolute Gasteiger partial charge is 0.465 e. The zero-order valence-corrected chi connectivity index (χ0v) is 12.2. The molecule has 1 heterocycles. The summed E-state index contributed by atoms with van der Waals surface area (Å²) in [5.74, 6) is -0.553. The van der Waals surface area contributed by atoms with Gasteiger partial charge in [-0.25, -0.2) is 0 Å². The van der Waals surface area contributed by atoms with E-state index in [1.165, 1.54) is 16.2 Å². The molecule has 1 amide bonds. The van der Waals surface area contributed by atoms with Gasteiger partial charge in [-0.1, -0.05) is 13.0 Å². The first-order valence-electron chi connectivity index (χ1n) is 6.26. The first-order valence-corrected chi connectivity index (χ1v) is 7.08. The predicted octanol–water partition coefficient (Wildman–Crippen LogP) is 2.50. The fourth-order valence-corrected chi connectivity index (χ4v) is 2.49. The van der Waals surface area contributed by atoms with Crippen molar-refractivity contribution in [2.75, 3.05) is 19.7 Å². The standard InChI is InChI=1S/C14H19NO3S/c1-4-9-15(10-13(16)18-6-3)14(17)12-8-7-11(5-2)19-12/h4,7-8H,1,5-6,9-10H2,2-3H3. The van der Waals surface area contributed by atoms with Crippen LogP contribution in [0.3, 0.4) is 0 Å². The van der Waals surface area contributed by atoms with E-state index in [1.54, 1.807) is 19.1 Å². The molecule has 0 spiro atoms. The normalized spacial score (nSPS) is 10.0. The molecule has 0 saturated carbocycles. The van der Waals surface area contributed by atoms with Gasteiger partial charge in [-0.05, 0) is 25.5 Å². The predicted molar refractivity (Wildman–Crippen MR) is 76.4 cm³/mol. The van der Waals surface area contributed by atoms with Crippen LogP contribution in [-0.4, -0.2) is 36.5 Å². The molecule has 0 N–H and O–H groups in total. The van der Waals surface area contributed by atoms with Gasteiger partial charge >= 0.3 is 5.97 Å². The lowest BCUT2D eigenvalue weighted by Gasteiger charge is -2.19. The van der Waals surface area contributed by atoms with Crippen LogP contribution in [0, 0.1) is 0 Å². The van der Waals surface area contributed by atoms with E-state index in [-0.39, 0.29) is 12.5 Å². The van der Waals surface area contributed by atoms with E-state index in [1.807, 2.05) is 13.0 Å². The lowest BCUT2D eigenvalue weighted by Crippen LogP contribution is -2.36. The molecule has 1 aromatic heterocycles. The molecule has 0 aliphatic carbocycles. The lowest BCUT2D eigenvalue weighted by atomic mass is 10.3. The molecule has 0 radical (unpaired) electrons. The topological polar surface area (TPSA) is 46.6 Å². The van der Waals surface area contributed by atoms with Gasteiger partial charge in [0.2, 0.25) is 0 Å². The Kier molecular flexibility index (Phi) is 6.29. The summed E-state index contributed by atoms with van der Waals surface area (Å²) in [4.78, 5) is 27.0. The number of amides is 1. The second-order valence-electron chi connectivity index (χ2n) is 3.90. The van der Waals surface area contributed by atoms with Crippen LogP contribution in [0.15, 0.2) is 24.8 Å². The number of thiophene rings is 1. The minimum Gasteiger partial charge on any atom is -0.465 e. The van der Waals surface area contributed by atoms with Gasteiger partial charge in [0, 0.05) is 11.4 Å². The van der Waals surface area contributed by atoms with Gasteiger partial charge in [-0.15, -0.1) is 17.9 Å². The maximum Gasteiger partial charge on any atom is 0.325 e. The molecule has 4 nitrogen and oxygen atoms in total. The maximum absolute atomic E-state index is 12.3. The Hall–Kier alpha value is -1.62. The van der Waals surface area contributed by atoms with Crippen molar-refractivity contribution in [3.8, 4) is 0 Å². The molecule has 104 valence electrons. The molecular weight excluding hydrogens is 262 g/mol. The lowest BCUT2D eigenvalue weighted by molar-refractivity contribution is -0.143. The van der Waals surface area contributed by atoms with Gasteiger partial charge in [0.1, 0.15) is 6.54 Å². The Bertz CT molecular complexity index is 453. The summed E-state index contributed by atoms with van der Waals surface area (Å²) in [6.07, 6.45) is 2.50. The van der Waals surface area contributed by atoms with E-state index in [4.69, 9.17) is 4.74 Å². The van der Waals surface area contributed by atoms with Crippen LogP contribution in [0.4, 0.5) is 0 Å². The number of nitrogens with zero attached hydrogens (tertiary/aromatic N) is 1. The van der Waals surface area contributed by atoms with Crippen molar-refractivity contribution in [2.45, 2.75) is 20.3 Å². The average Bonchev–Trinajstić information content (AvgIpc) is 2.86. The van der Waals surface area contributed by atoms with Crippen LogP contribution in [-0.2, 0) is 16.0 Å². The van der Waals surface area contributed by atoms with Crippen molar-refractivity contribution in [3.05, 3.63) is 34.5 Å². The molecule has 0 atom stereocenters. The first-order chi connectivity index (χ1) is 9.12. The Morgan fingerprint density at radius 2 is 2.16 bits per heavy atom. The number of ether oxygens (including phenoxy) is 1. The fourth-order valence-electron chi connectivity index (χ4n) is 1.58. The first kappa shape index (κ1) is 15.4. The highest BCUT2D eigenvalue weighted by molar-refractivity contribution is 7.14. The highest BCUT2D eigenvalue weighted by atomic mass is 32.1. The Morgan fingerprint density at radius 3 is 2.68 bits per heavy atom. The van der Waals surface area contributed by atoms with Crippen LogP contribution in [0.2, 0.25) is 0 Å². The quantitative estimate of drug-likeness (QED) is 0.570. The number of rotatable bonds is 7. The Morgan fingerprint density at radius 1 is 1.42 bits per heavy atom. The summed E-state index contributed by atoms with van der Waals surface area (Å²) in [6, 6.07) is 3.74. The molecule has 0 saturated heterocycles. The third kappa shape index (κ3) is 4.52. The number of aryl methyl sites for hydroxylation is 1. The Balaban J connectivity index is 2.77. The molecule has 0 bridgehead atoms. The zero-order valence-electron chi connectivity index (χ0n) is 11.3. The zero-order chi connectivity index (χ0) is 14.3. The molecule has 1 rings (SSSR count). The maximum atomic E-state index is 12.3. The van der Waals surface area contributed by atoms with Crippen molar-refractivity contribution in [3.63, 3.8) is 0 Å². The van der Waals surface area contributed by atoms with Gasteiger partial charge < -0.3 is 9.64 Å². The van der Waals surface area contributed by atoms with Crippen LogP contribution >= 0.6 is 11.3 Å². The van der Waals surface area contributed by atoms with E-state index in [9.17, 15) is 9.59 Å². The molecular formula is C14H19NO3S. The molecule has 0 fully saturated rings. The summed E-state index contributed by atoms with van der Waals surface area (Å²) >= 11 is 1.46. The summed E-state index contributed by atoms with van der Waals surface area (Å²) in [6.45, 7) is 7.99. The third-order valence-corrected chi connectivity index (χ3v) is 3.70. The smallest absolute Gasteiger partial charge is 0.325 e. The number of hydrogen-bond acceptors (Lipinski definition) is 4. The van der Waals surface area contributed by atoms with Crippen molar-refractivity contribution in [1.29, 1.82) is 0 Å². The van der Waals surface area contributed by atoms with Crippen molar-refractivity contribution >= 4 is 23.2 Å². The SMILES string of the molecule is C=CCN(CC(=O)OCC)C(=O)c1ccc(CC)s1. The fraction of sp³-hybridized carbons (Fsp3) is 0.429. The van der Waals surface area contributed by atoms with Crippen molar-refractivity contribution in [1.82, 2.24) is 4.90 Å². The second-order valence-corrected chi connectivity index (χ2v) is 5.07. The minimum absolute atomic E-state index is 0.0436. The van der Waals surface area contributed by atoms with E-state index < -0.39 is 5.97 Å². The molecule has 5 heteroatoms. The minimum atomic E-state index is -0.398. The van der Waals surface area contributed by atoms with Gasteiger partial charge in [-0.2, -0.15) is 0 Å². The van der Waals surface area contributed by atoms with Gasteiger partial charge in [0.25, 0.3) is 5.91 Å². The third-order valence-electron chi connectivity index (χ3n) is 2.48. The van der Waals surface area contributed by atoms with E-state index >= 15 is 0 Å². The van der Waals surface area contributed by atoms with Crippen LogP contribution in [0.5, 0.6) is 0 Å². The van der Waals surface area contributed by atoms with E-state index in [0.717, 1.165) is 11.3 Å². The average molecular weight is 281 g/mol. The summed E-state index contributed by atoms with van der Waals surface area (Å²) in [5.41, 5.74) is 0. The Labute approximate surface area is 117 Å². The van der Waals surface area contributed by atoms with Gasteiger partial charge in [-0.3, -0.25) is 9.59 Å². The molecule has 0 aliphatic rings. The van der Waals surface area contributed by atoms with Gasteiger partial charge in [0.15, 0.2) is 0 Å². The van der Waals surface area contributed by atoms with Crippen LogP contribution in [0.1, 0.15) is 28.4 Å². The highest BCUT2D eigenvalue weighted by Gasteiger charge is 2.19. The highest BCUT2D eigenvalue weighted by Crippen LogP contribution is 2.18. The van der Waals surface area contributed by atoms with Crippen LogP contribution < -0.4 is 0 Å². The molecule has 19 heavy (non-hydrogen) atoms. The second kappa shape index (κ2) is 7.74. The number of esters is 1. The van der Waals surface area contributed by atoms with Gasteiger partial charge in [0.05, 0.1) is 11.5 Å². The van der Waals surface area contributed by atoms with Crippen molar-refractivity contribution < 1.29 is 14.3 Å². The van der Waals surface area contributed by atoms with Crippen LogP contribution in [0.25, 0.3) is 0 Å².